The number of nitrogens with zero attached hydrogens (tertiary/aromatic N) is 3. The smallest absolute Gasteiger partial charge is 0.358 e. The molecule has 0 bridgehead atoms. The van der Waals surface area contributed by atoms with Crippen LogP contribution in [0.15, 0.2) is 67.0 Å². The van der Waals surface area contributed by atoms with E-state index in [-0.39, 0.29) is 11.2 Å². The van der Waals surface area contributed by atoms with Crippen LogP contribution in [0.5, 0.6) is 0 Å². The lowest BCUT2D eigenvalue weighted by atomic mass is 9.72. The molecule has 6 nitrogen and oxygen atoms in total. The molecule has 6 heteroatoms. The molecule has 1 aliphatic carbocycles. The second-order valence-corrected chi connectivity index (χ2v) is 8.01. The van der Waals surface area contributed by atoms with Crippen LogP contribution in [-0.4, -0.2) is 26.9 Å². The van der Waals surface area contributed by atoms with Gasteiger partial charge in [-0.3, -0.25) is 4.40 Å². The summed E-state index contributed by atoms with van der Waals surface area (Å²) in [7, 11) is 0. The van der Waals surface area contributed by atoms with Crippen LogP contribution in [0.25, 0.3) is 28.2 Å². The number of carbonyl (C=O) groups excluding carboxylic acids is 1. The summed E-state index contributed by atoms with van der Waals surface area (Å²) >= 11 is 0. The van der Waals surface area contributed by atoms with Crippen molar-refractivity contribution in [3.8, 4) is 22.4 Å². The van der Waals surface area contributed by atoms with Gasteiger partial charge in [0.15, 0.2) is 5.69 Å². The highest BCUT2D eigenvalue weighted by Gasteiger charge is 2.34. The van der Waals surface area contributed by atoms with Gasteiger partial charge in [0, 0.05) is 29.1 Å². The number of hydrogen-bond donors (Lipinski definition) is 1. The molecule has 0 unspecified atom stereocenters. The van der Waals surface area contributed by atoms with Gasteiger partial charge in [0.2, 0.25) is 5.78 Å². The number of hydrogen-bond acceptors (Lipinski definition) is 5. The van der Waals surface area contributed by atoms with Crippen molar-refractivity contribution < 1.29 is 9.53 Å². The summed E-state index contributed by atoms with van der Waals surface area (Å²) in [5.74, 6) is 0.00463. The number of aromatic nitrogens is 3. The van der Waals surface area contributed by atoms with Crippen LogP contribution in [0.3, 0.4) is 0 Å². The lowest BCUT2D eigenvalue weighted by Crippen LogP contribution is -2.43. The van der Waals surface area contributed by atoms with Crippen molar-refractivity contribution in [3.63, 3.8) is 0 Å². The zero-order valence-electron chi connectivity index (χ0n) is 17.4. The lowest BCUT2D eigenvalue weighted by molar-refractivity contribution is 0.0520. The van der Waals surface area contributed by atoms with E-state index in [1.54, 1.807) is 17.5 Å². The molecule has 1 aliphatic rings. The first-order chi connectivity index (χ1) is 15.1. The van der Waals surface area contributed by atoms with E-state index >= 15 is 0 Å². The Balaban J connectivity index is 1.63. The minimum absolute atomic E-state index is 0.199. The SMILES string of the molecule is CCOC(=O)c1cn2cc(-c3ccccc3)c(-c3ccc(C4(N)CCC4)cc3)nc2n1. The first kappa shape index (κ1) is 19.5. The van der Waals surface area contributed by atoms with Gasteiger partial charge in [-0.05, 0) is 37.3 Å². The quantitative estimate of drug-likeness (QED) is 0.485. The highest BCUT2D eigenvalue weighted by Crippen LogP contribution is 2.39. The van der Waals surface area contributed by atoms with Gasteiger partial charge in [0.25, 0.3) is 0 Å². The highest BCUT2D eigenvalue weighted by atomic mass is 16.5. The van der Waals surface area contributed by atoms with E-state index in [9.17, 15) is 4.79 Å². The van der Waals surface area contributed by atoms with E-state index in [0.717, 1.165) is 40.8 Å². The molecule has 156 valence electrons. The zero-order chi connectivity index (χ0) is 21.4. The van der Waals surface area contributed by atoms with Crippen LogP contribution in [0, 0.1) is 0 Å². The summed E-state index contributed by atoms with van der Waals surface area (Å²) in [6.45, 7) is 2.08. The number of esters is 1. The molecule has 1 fully saturated rings. The molecule has 2 aromatic carbocycles. The Labute approximate surface area is 180 Å². The molecule has 0 saturated heterocycles. The molecule has 0 spiro atoms. The lowest BCUT2D eigenvalue weighted by Gasteiger charge is -2.38. The molecule has 5 rings (SSSR count). The first-order valence-corrected chi connectivity index (χ1v) is 10.6. The maximum atomic E-state index is 12.2. The van der Waals surface area contributed by atoms with Gasteiger partial charge >= 0.3 is 5.97 Å². The molecule has 0 amide bonds. The third-order valence-corrected chi connectivity index (χ3v) is 6.00. The van der Waals surface area contributed by atoms with Gasteiger partial charge < -0.3 is 10.5 Å². The minimum Gasteiger partial charge on any atom is -0.461 e. The predicted octanol–water partition coefficient (Wildman–Crippen LogP) is 4.58. The number of benzene rings is 2. The van der Waals surface area contributed by atoms with E-state index in [0.29, 0.717) is 12.4 Å². The Kier molecular flexibility index (Phi) is 4.79. The number of carbonyl (C=O) groups is 1. The average Bonchev–Trinajstić information content (AvgIpc) is 3.21. The number of rotatable bonds is 5. The summed E-state index contributed by atoms with van der Waals surface area (Å²) in [6.07, 6.45) is 6.85. The number of nitrogens with two attached hydrogens (primary N) is 1. The molecule has 4 aromatic rings. The summed E-state index contributed by atoms with van der Waals surface area (Å²) in [5, 5.41) is 0. The van der Waals surface area contributed by atoms with E-state index in [1.807, 2.05) is 36.5 Å². The van der Waals surface area contributed by atoms with Crippen LogP contribution >= 0.6 is 0 Å². The second-order valence-electron chi connectivity index (χ2n) is 8.01. The van der Waals surface area contributed by atoms with Gasteiger partial charge in [-0.25, -0.2) is 14.8 Å². The third kappa shape index (κ3) is 3.49. The van der Waals surface area contributed by atoms with Crippen molar-refractivity contribution in [1.29, 1.82) is 0 Å². The van der Waals surface area contributed by atoms with Crippen LogP contribution < -0.4 is 5.73 Å². The van der Waals surface area contributed by atoms with Crippen molar-refractivity contribution in [1.82, 2.24) is 14.4 Å². The Morgan fingerprint density at radius 1 is 1.03 bits per heavy atom. The molecule has 0 atom stereocenters. The fourth-order valence-electron chi connectivity index (χ4n) is 4.08. The fourth-order valence-corrected chi connectivity index (χ4v) is 4.08. The maximum Gasteiger partial charge on any atom is 0.358 e. The second kappa shape index (κ2) is 7.63. The van der Waals surface area contributed by atoms with Gasteiger partial charge in [-0.2, -0.15) is 0 Å². The fraction of sp³-hybridized carbons (Fsp3) is 0.240. The molecule has 2 N–H and O–H groups in total. The van der Waals surface area contributed by atoms with Crippen LogP contribution in [0.2, 0.25) is 0 Å². The van der Waals surface area contributed by atoms with E-state index < -0.39 is 5.97 Å². The van der Waals surface area contributed by atoms with Crippen LogP contribution in [0.4, 0.5) is 0 Å². The Morgan fingerprint density at radius 2 is 1.77 bits per heavy atom. The van der Waals surface area contributed by atoms with Gasteiger partial charge in [0.1, 0.15) is 0 Å². The van der Waals surface area contributed by atoms with Crippen LogP contribution in [-0.2, 0) is 10.3 Å². The van der Waals surface area contributed by atoms with Crippen LogP contribution in [0.1, 0.15) is 42.2 Å². The Morgan fingerprint density at radius 3 is 2.42 bits per heavy atom. The van der Waals surface area contributed by atoms with Gasteiger partial charge in [0.05, 0.1) is 12.3 Å². The minimum atomic E-state index is -0.450. The number of ether oxygens (including phenoxy) is 1. The molecule has 1 saturated carbocycles. The molecule has 2 aromatic heterocycles. The molecule has 31 heavy (non-hydrogen) atoms. The largest absolute Gasteiger partial charge is 0.461 e. The molecular formula is C25H24N4O2. The molecule has 0 radical (unpaired) electrons. The van der Waals surface area contributed by atoms with Crippen molar-refractivity contribution >= 4 is 11.7 Å². The summed E-state index contributed by atoms with van der Waals surface area (Å²) in [5.41, 5.74) is 11.5. The normalized spacial score (nSPS) is 14.9. The highest BCUT2D eigenvalue weighted by molar-refractivity contribution is 5.88. The van der Waals surface area contributed by atoms with Crippen molar-refractivity contribution in [3.05, 3.63) is 78.2 Å². The maximum absolute atomic E-state index is 12.2. The van der Waals surface area contributed by atoms with E-state index in [4.69, 9.17) is 15.5 Å². The molecular weight excluding hydrogens is 388 g/mol. The van der Waals surface area contributed by atoms with E-state index in [1.165, 1.54) is 6.42 Å². The van der Waals surface area contributed by atoms with Gasteiger partial charge in [-0.1, -0.05) is 54.6 Å². The number of imidazole rings is 1. The molecule has 2 heterocycles. The zero-order valence-corrected chi connectivity index (χ0v) is 17.4. The standard InChI is InChI=1S/C25H24N4O2/c1-2-31-23(30)21-16-29-15-20(17-7-4-3-5-8-17)22(28-24(29)27-21)18-9-11-19(12-10-18)25(26)13-6-14-25/h3-5,7-12,15-16H,2,6,13-14,26H2,1H3. The average molecular weight is 412 g/mol. The first-order valence-electron chi connectivity index (χ1n) is 10.6. The predicted molar refractivity (Wildman–Crippen MR) is 120 cm³/mol. The summed E-state index contributed by atoms with van der Waals surface area (Å²) in [4.78, 5) is 21.4. The van der Waals surface area contributed by atoms with Crippen molar-refractivity contribution in [2.45, 2.75) is 31.7 Å². The Hall–Kier alpha value is -3.51. The monoisotopic (exact) mass is 412 g/mol. The van der Waals surface area contributed by atoms with Crippen molar-refractivity contribution in [2.24, 2.45) is 5.73 Å². The summed E-state index contributed by atoms with van der Waals surface area (Å²) < 4.78 is 6.87. The molecule has 0 aliphatic heterocycles. The number of fused-ring (bicyclic) bond motifs is 1. The third-order valence-electron chi connectivity index (χ3n) is 6.00. The van der Waals surface area contributed by atoms with E-state index in [2.05, 4.69) is 29.2 Å². The topological polar surface area (TPSA) is 82.5 Å². The van der Waals surface area contributed by atoms with Gasteiger partial charge in [-0.15, -0.1) is 0 Å². The van der Waals surface area contributed by atoms with Crippen molar-refractivity contribution in [2.75, 3.05) is 6.61 Å². The summed E-state index contributed by atoms with van der Waals surface area (Å²) in [6, 6.07) is 18.4. The Bertz CT molecular complexity index is 1240.